The zero-order valence-electron chi connectivity index (χ0n) is 15.2. The van der Waals surface area contributed by atoms with Crippen molar-refractivity contribution in [3.63, 3.8) is 0 Å². The van der Waals surface area contributed by atoms with Crippen LogP contribution >= 0.6 is 0 Å². The summed E-state index contributed by atoms with van der Waals surface area (Å²) in [7, 11) is 0. The number of urea groups is 1. The molecule has 0 aromatic rings. The van der Waals surface area contributed by atoms with Gasteiger partial charge in [0.1, 0.15) is 12.8 Å². The summed E-state index contributed by atoms with van der Waals surface area (Å²) in [5, 5.41) is 8.71. The first kappa shape index (κ1) is 19.4. The third-order valence-corrected chi connectivity index (χ3v) is 5.93. The summed E-state index contributed by atoms with van der Waals surface area (Å²) in [6.45, 7) is 3.92. The molecule has 1 N–H and O–H groups in total. The third-order valence-electron chi connectivity index (χ3n) is 5.93. The predicted octanol–water partition coefficient (Wildman–Crippen LogP) is 0.974. The van der Waals surface area contributed by atoms with Crippen molar-refractivity contribution in [2.75, 3.05) is 39.5 Å². The number of fused-ring (bicyclic) bond motifs is 2. The molecule has 7 nitrogen and oxygen atoms in total. The maximum atomic E-state index is 14.0. The van der Waals surface area contributed by atoms with Gasteiger partial charge >= 0.3 is 11.9 Å². The molecule has 2 fully saturated rings. The van der Waals surface area contributed by atoms with Crippen LogP contribution in [-0.2, 0) is 14.3 Å². The number of aliphatic hydroxyl groups excluding tert-OH is 1. The molecule has 2 aliphatic heterocycles. The van der Waals surface area contributed by atoms with Crippen LogP contribution in [0.25, 0.3) is 0 Å². The van der Waals surface area contributed by atoms with Gasteiger partial charge in [0.25, 0.3) is 6.17 Å². The molecule has 1 saturated carbocycles. The molecule has 146 valence electrons. The fraction of sp³-hybridized carbons (Fsp3) is 0.833. The smallest absolute Gasteiger partial charge is 0.394 e. The molecule has 3 rings (SSSR count). The first-order valence-electron chi connectivity index (χ1n) is 9.38. The molecular weight excluding hydrogens is 343 g/mol. The maximum Gasteiger partial charge on any atom is 0.500 e. The minimum absolute atomic E-state index is 0.00476. The van der Waals surface area contributed by atoms with Gasteiger partial charge in [0, 0.05) is 11.3 Å². The zero-order chi connectivity index (χ0) is 18.7. The van der Waals surface area contributed by atoms with Gasteiger partial charge in [0.15, 0.2) is 0 Å². The van der Waals surface area contributed by atoms with Gasteiger partial charge in [-0.2, -0.15) is 14.3 Å². The molecule has 1 aliphatic carbocycles. The molecule has 2 heterocycles. The van der Waals surface area contributed by atoms with Crippen molar-refractivity contribution in [2.24, 2.45) is 11.3 Å². The molecule has 3 amide bonds. The van der Waals surface area contributed by atoms with Gasteiger partial charge in [0.05, 0.1) is 39.1 Å². The number of hydrogen-bond donors (Lipinski definition) is 1. The van der Waals surface area contributed by atoms with E-state index in [9.17, 15) is 14.0 Å². The van der Waals surface area contributed by atoms with E-state index in [-0.39, 0.29) is 30.6 Å². The molecule has 0 aromatic heterocycles. The summed E-state index contributed by atoms with van der Waals surface area (Å²) in [5.74, 6) is -0.670. The lowest BCUT2D eigenvalue weighted by Gasteiger charge is -2.42. The normalized spacial score (nSPS) is 34.8. The summed E-state index contributed by atoms with van der Waals surface area (Å²) in [5.41, 5.74) is -0.180. The second-order valence-corrected chi connectivity index (χ2v) is 7.60. The number of ether oxygens (including phenoxy) is 2. The SMILES string of the molecule is CC1CN2C(=O)C(F)C=[N+](CC13CCCC(OCCOCCO)C3)C2=O. The lowest BCUT2D eigenvalue weighted by Crippen LogP contribution is -2.51. The number of alkyl halides is 1. The van der Waals surface area contributed by atoms with Gasteiger partial charge in [-0.3, -0.25) is 0 Å². The Bertz CT molecular complexity index is 584. The molecule has 4 unspecified atom stereocenters. The molecule has 26 heavy (non-hydrogen) atoms. The first-order valence-corrected chi connectivity index (χ1v) is 9.38. The summed E-state index contributed by atoms with van der Waals surface area (Å²) >= 11 is 0. The maximum absolute atomic E-state index is 14.0. The van der Waals surface area contributed by atoms with E-state index >= 15 is 0 Å². The van der Waals surface area contributed by atoms with Crippen LogP contribution in [0.1, 0.15) is 32.6 Å². The van der Waals surface area contributed by atoms with Crippen molar-refractivity contribution < 1.29 is 33.1 Å². The largest absolute Gasteiger partial charge is 0.500 e. The summed E-state index contributed by atoms with van der Waals surface area (Å²) < 4.78 is 26.6. The molecular formula is C18H28FN2O5+. The Morgan fingerprint density at radius 3 is 2.96 bits per heavy atom. The Hall–Kier alpha value is -1.38. The van der Waals surface area contributed by atoms with Gasteiger partial charge in [0.2, 0.25) is 0 Å². The number of amides is 3. The number of halogens is 1. The summed E-state index contributed by atoms with van der Waals surface area (Å²) in [4.78, 5) is 25.6. The Kier molecular flexibility index (Phi) is 6.04. The van der Waals surface area contributed by atoms with Gasteiger partial charge in [-0.1, -0.05) is 13.3 Å². The molecule has 3 aliphatic rings. The Morgan fingerprint density at radius 1 is 1.38 bits per heavy atom. The van der Waals surface area contributed by atoms with Gasteiger partial charge < -0.3 is 14.6 Å². The van der Waals surface area contributed by atoms with Crippen molar-refractivity contribution in [1.82, 2.24) is 4.90 Å². The Morgan fingerprint density at radius 2 is 2.19 bits per heavy atom. The van der Waals surface area contributed by atoms with Crippen LogP contribution in [0.2, 0.25) is 0 Å². The van der Waals surface area contributed by atoms with E-state index in [1.54, 1.807) is 0 Å². The second kappa shape index (κ2) is 8.10. The molecule has 8 heteroatoms. The number of aliphatic hydroxyl groups is 1. The van der Waals surface area contributed by atoms with Crippen molar-refractivity contribution in [2.45, 2.75) is 44.9 Å². The predicted molar refractivity (Wildman–Crippen MR) is 90.9 cm³/mol. The van der Waals surface area contributed by atoms with Crippen LogP contribution in [0.3, 0.4) is 0 Å². The highest BCUT2D eigenvalue weighted by molar-refractivity contribution is 6.05. The van der Waals surface area contributed by atoms with Crippen molar-refractivity contribution in [1.29, 1.82) is 0 Å². The number of carbonyl (C=O) groups excluding carboxylic acids is 2. The van der Waals surface area contributed by atoms with E-state index in [0.717, 1.165) is 36.8 Å². The minimum Gasteiger partial charge on any atom is -0.394 e. The van der Waals surface area contributed by atoms with E-state index in [1.807, 2.05) is 6.92 Å². The highest BCUT2D eigenvalue weighted by atomic mass is 19.1. The van der Waals surface area contributed by atoms with E-state index < -0.39 is 18.1 Å². The average Bonchev–Trinajstić information content (AvgIpc) is 2.69. The number of nitrogens with zero attached hydrogens (tertiary/aromatic N) is 2. The Labute approximate surface area is 152 Å². The minimum atomic E-state index is -1.74. The van der Waals surface area contributed by atoms with Gasteiger partial charge in [-0.05, 0) is 19.3 Å². The van der Waals surface area contributed by atoms with Crippen LogP contribution in [0.15, 0.2) is 0 Å². The number of imide groups is 1. The van der Waals surface area contributed by atoms with Crippen LogP contribution in [0.4, 0.5) is 9.18 Å². The van der Waals surface area contributed by atoms with Crippen molar-refractivity contribution >= 4 is 18.2 Å². The second-order valence-electron chi connectivity index (χ2n) is 7.60. The topological polar surface area (TPSA) is 79.1 Å². The standard InChI is InChI=1S/C18H28FN2O5/c1-13-10-21-16(23)15(19)11-20(17(21)24)12-18(13)4-2-3-14(9-18)26-8-7-25-6-5-22/h11,13-15,22H,2-10,12H2,1H3/q+1. The lowest BCUT2D eigenvalue weighted by molar-refractivity contribution is -0.453. The number of rotatable bonds is 6. The van der Waals surface area contributed by atoms with Crippen molar-refractivity contribution in [3.8, 4) is 0 Å². The third kappa shape index (κ3) is 3.82. The van der Waals surface area contributed by atoms with E-state index in [2.05, 4.69) is 0 Å². The quantitative estimate of drug-likeness (QED) is 0.556. The van der Waals surface area contributed by atoms with Gasteiger partial charge in [-0.15, -0.1) is 0 Å². The van der Waals surface area contributed by atoms with Crippen LogP contribution < -0.4 is 0 Å². The zero-order valence-corrected chi connectivity index (χ0v) is 15.2. The fourth-order valence-corrected chi connectivity index (χ4v) is 4.45. The Balaban J connectivity index is 1.69. The van der Waals surface area contributed by atoms with Crippen LogP contribution in [0, 0.1) is 11.3 Å². The van der Waals surface area contributed by atoms with Crippen molar-refractivity contribution in [3.05, 3.63) is 0 Å². The molecule has 2 bridgehead atoms. The number of hydrogen-bond acceptors (Lipinski definition) is 5. The van der Waals surface area contributed by atoms with Crippen LogP contribution in [-0.4, -0.2) is 84.5 Å². The van der Waals surface area contributed by atoms with Gasteiger partial charge in [-0.25, -0.2) is 9.18 Å². The van der Waals surface area contributed by atoms with E-state index in [4.69, 9.17) is 14.6 Å². The lowest BCUT2D eigenvalue weighted by atomic mass is 9.65. The highest BCUT2D eigenvalue weighted by Crippen LogP contribution is 2.45. The molecule has 0 radical (unpaired) electrons. The highest BCUT2D eigenvalue weighted by Gasteiger charge is 2.54. The monoisotopic (exact) mass is 371 g/mol. The summed E-state index contributed by atoms with van der Waals surface area (Å²) in [6, 6.07) is -0.409. The average molecular weight is 371 g/mol. The van der Waals surface area contributed by atoms with E-state index in [1.165, 1.54) is 4.58 Å². The molecule has 4 atom stereocenters. The van der Waals surface area contributed by atoms with E-state index in [0.29, 0.717) is 26.4 Å². The summed E-state index contributed by atoms with van der Waals surface area (Å²) in [6.07, 6.45) is 3.09. The van der Waals surface area contributed by atoms with Crippen LogP contribution in [0.5, 0.6) is 0 Å². The first-order chi connectivity index (χ1) is 12.5. The molecule has 1 saturated heterocycles. The number of carbonyl (C=O) groups is 2. The molecule has 1 spiro atoms. The fourth-order valence-electron chi connectivity index (χ4n) is 4.45. The molecule has 0 aromatic carbocycles.